The molecule has 1 aromatic heterocycles. The van der Waals surface area contributed by atoms with Crippen LogP contribution in [0.15, 0.2) is 77.7 Å². The maximum Gasteiger partial charge on any atom is 0.233 e. The van der Waals surface area contributed by atoms with E-state index in [4.69, 9.17) is 9.72 Å². The lowest BCUT2D eigenvalue weighted by molar-refractivity contribution is -0.118. The van der Waals surface area contributed by atoms with Crippen molar-refractivity contribution in [3.8, 4) is 5.75 Å². The molecule has 0 spiro atoms. The van der Waals surface area contributed by atoms with Gasteiger partial charge in [0.25, 0.3) is 0 Å². The van der Waals surface area contributed by atoms with E-state index in [2.05, 4.69) is 0 Å². The molecule has 3 aromatic carbocycles. The summed E-state index contributed by atoms with van der Waals surface area (Å²) >= 11 is 1.45. The smallest absolute Gasteiger partial charge is 0.233 e. The van der Waals surface area contributed by atoms with Gasteiger partial charge in [-0.3, -0.25) is 9.69 Å². The molecular weight excluding hydrogens is 456 g/mol. The average molecular weight is 481 g/mol. The summed E-state index contributed by atoms with van der Waals surface area (Å²) in [6.07, 6.45) is 0.137. The lowest BCUT2D eigenvalue weighted by atomic mass is 10.1. The molecule has 8 heteroatoms. The van der Waals surface area contributed by atoms with Gasteiger partial charge in [-0.1, -0.05) is 60.7 Å². The fourth-order valence-electron chi connectivity index (χ4n) is 3.42. The minimum atomic E-state index is -3.28. The van der Waals surface area contributed by atoms with Crippen molar-refractivity contribution in [3.63, 3.8) is 0 Å². The molecule has 4 rings (SSSR count). The first-order chi connectivity index (χ1) is 15.9. The van der Waals surface area contributed by atoms with Gasteiger partial charge in [0.05, 0.1) is 40.9 Å². The summed E-state index contributed by atoms with van der Waals surface area (Å²) in [7, 11) is -1.67. The van der Waals surface area contributed by atoms with Crippen LogP contribution >= 0.6 is 11.3 Å². The molecule has 33 heavy (non-hydrogen) atoms. The first-order valence-corrected chi connectivity index (χ1v) is 13.0. The number of thiazole rings is 1. The average Bonchev–Trinajstić information content (AvgIpc) is 3.26. The largest absolute Gasteiger partial charge is 0.497 e. The van der Waals surface area contributed by atoms with Crippen molar-refractivity contribution in [2.75, 3.05) is 17.8 Å². The van der Waals surface area contributed by atoms with Crippen molar-refractivity contribution in [2.45, 2.75) is 24.8 Å². The molecular formula is C25H24N2O4S2. The van der Waals surface area contributed by atoms with Gasteiger partial charge >= 0.3 is 0 Å². The van der Waals surface area contributed by atoms with Crippen LogP contribution in [0, 0.1) is 0 Å². The molecule has 1 amide bonds. The molecule has 0 aliphatic heterocycles. The summed E-state index contributed by atoms with van der Waals surface area (Å²) in [4.78, 5) is 20.1. The van der Waals surface area contributed by atoms with E-state index in [9.17, 15) is 13.2 Å². The maximum absolute atomic E-state index is 13.4. The summed E-state index contributed by atoms with van der Waals surface area (Å²) in [6.45, 7) is 2.00. The van der Waals surface area contributed by atoms with Gasteiger partial charge < -0.3 is 4.74 Å². The van der Waals surface area contributed by atoms with E-state index in [0.29, 0.717) is 17.4 Å². The lowest BCUT2D eigenvalue weighted by Gasteiger charge is -2.20. The highest BCUT2D eigenvalue weighted by Crippen LogP contribution is 2.32. The van der Waals surface area contributed by atoms with Crippen LogP contribution in [-0.2, 0) is 27.6 Å². The highest BCUT2D eigenvalue weighted by atomic mass is 32.2. The van der Waals surface area contributed by atoms with Crippen LogP contribution in [0.1, 0.15) is 18.1 Å². The number of anilines is 1. The zero-order valence-corrected chi connectivity index (χ0v) is 20.0. The normalized spacial score (nSPS) is 11.5. The third-order valence-electron chi connectivity index (χ3n) is 5.32. The maximum atomic E-state index is 13.4. The van der Waals surface area contributed by atoms with Crippen LogP contribution in [0.3, 0.4) is 0 Å². The molecule has 0 aliphatic carbocycles. The van der Waals surface area contributed by atoms with Gasteiger partial charge in [-0.25, -0.2) is 13.4 Å². The SMILES string of the molecule is CCS(=O)(=O)c1ccc(CC(=O)N(Cc2ccccc2)c2nc3cc(OC)ccc3s2)cc1. The molecule has 0 saturated heterocycles. The molecule has 0 N–H and O–H groups in total. The van der Waals surface area contributed by atoms with Crippen molar-refractivity contribution in [1.82, 2.24) is 4.98 Å². The molecule has 1 heterocycles. The first-order valence-electron chi connectivity index (χ1n) is 10.5. The van der Waals surface area contributed by atoms with Crippen molar-refractivity contribution in [2.24, 2.45) is 0 Å². The van der Waals surface area contributed by atoms with Gasteiger partial charge in [-0.15, -0.1) is 0 Å². The zero-order chi connectivity index (χ0) is 23.4. The van der Waals surface area contributed by atoms with Crippen molar-refractivity contribution >= 4 is 42.4 Å². The minimum absolute atomic E-state index is 0.0402. The highest BCUT2D eigenvalue weighted by molar-refractivity contribution is 7.91. The number of amides is 1. The van der Waals surface area contributed by atoms with Gasteiger partial charge in [0.15, 0.2) is 15.0 Å². The second kappa shape index (κ2) is 9.72. The van der Waals surface area contributed by atoms with E-state index in [1.54, 1.807) is 43.2 Å². The van der Waals surface area contributed by atoms with Crippen LogP contribution in [0.2, 0.25) is 0 Å². The molecule has 4 aromatic rings. The Hall–Kier alpha value is -3.23. The Labute approximate surface area is 197 Å². The predicted octanol–water partition coefficient (Wildman–Crippen LogP) is 4.87. The summed E-state index contributed by atoms with van der Waals surface area (Å²) in [5.74, 6) is 0.636. The molecule has 0 unspecified atom stereocenters. The predicted molar refractivity (Wildman–Crippen MR) is 132 cm³/mol. The van der Waals surface area contributed by atoms with E-state index in [-0.39, 0.29) is 23.0 Å². The summed E-state index contributed by atoms with van der Waals surface area (Å²) < 4.78 is 30.4. The number of fused-ring (bicyclic) bond motifs is 1. The van der Waals surface area contributed by atoms with Crippen LogP contribution in [0.4, 0.5) is 5.13 Å². The third-order valence-corrected chi connectivity index (χ3v) is 8.13. The number of carbonyl (C=O) groups is 1. The number of carbonyl (C=O) groups excluding carboxylic acids is 1. The van der Waals surface area contributed by atoms with Gasteiger partial charge in [-0.05, 0) is 35.4 Å². The number of hydrogen-bond acceptors (Lipinski definition) is 6. The Kier molecular flexibility index (Phi) is 6.76. The Morgan fingerprint density at radius 3 is 2.39 bits per heavy atom. The number of rotatable bonds is 8. The van der Waals surface area contributed by atoms with Crippen molar-refractivity contribution < 1.29 is 17.9 Å². The molecule has 0 atom stereocenters. The van der Waals surface area contributed by atoms with Crippen LogP contribution in [-0.4, -0.2) is 32.2 Å². The number of ether oxygens (including phenoxy) is 1. The minimum Gasteiger partial charge on any atom is -0.497 e. The molecule has 170 valence electrons. The van der Waals surface area contributed by atoms with Gasteiger partial charge in [0, 0.05) is 6.07 Å². The number of aromatic nitrogens is 1. The third kappa shape index (κ3) is 5.23. The fourth-order valence-corrected chi connectivity index (χ4v) is 5.26. The summed E-state index contributed by atoms with van der Waals surface area (Å²) in [5.41, 5.74) is 2.51. The monoisotopic (exact) mass is 480 g/mol. The molecule has 0 fully saturated rings. The number of sulfone groups is 1. The first kappa shape index (κ1) is 22.9. The Morgan fingerprint density at radius 1 is 1.00 bits per heavy atom. The van der Waals surface area contributed by atoms with E-state index in [0.717, 1.165) is 21.3 Å². The van der Waals surface area contributed by atoms with E-state index in [1.165, 1.54) is 11.3 Å². The number of benzene rings is 3. The molecule has 0 aliphatic rings. The van der Waals surface area contributed by atoms with Gasteiger partial charge in [0.1, 0.15) is 5.75 Å². The molecule has 0 bridgehead atoms. The highest BCUT2D eigenvalue weighted by Gasteiger charge is 2.21. The standard InChI is InChI=1S/C25H24N2O4S2/c1-3-33(29,30)21-12-9-18(10-13-21)15-24(28)27(17-19-7-5-4-6-8-19)25-26-22-16-20(31-2)11-14-23(22)32-25/h4-14,16H,3,15,17H2,1-2H3. The number of methoxy groups -OCH3 is 1. The van der Waals surface area contributed by atoms with Crippen LogP contribution in [0.5, 0.6) is 5.75 Å². The molecule has 6 nitrogen and oxygen atoms in total. The second-order valence-corrected chi connectivity index (χ2v) is 10.8. The van der Waals surface area contributed by atoms with E-state index < -0.39 is 9.84 Å². The van der Waals surface area contributed by atoms with Gasteiger partial charge in [0.2, 0.25) is 5.91 Å². The molecule has 0 saturated carbocycles. The molecule has 0 radical (unpaired) electrons. The van der Waals surface area contributed by atoms with E-state index in [1.807, 2.05) is 48.5 Å². The van der Waals surface area contributed by atoms with Crippen LogP contribution < -0.4 is 9.64 Å². The fraction of sp³-hybridized carbons (Fsp3) is 0.200. The number of hydrogen-bond donors (Lipinski definition) is 0. The summed E-state index contributed by atoms with van der Waals surface area (Å²) in [6, 6.07) is 21.9. The zero-order valence-electron chi connectivity index (χ0n) is 18.4. The van der Waals surface area contributed by atoms with Crippen LogP contribution in [0.25, 0.3) is 10.2 Å². The topological polar surface area (TPSA) is 76.6 Å². The van der Waals surface area contributed by atoms with E-state index >= 15 is 0 Å². The lowest BCUT2D eigenvalue weighted by Crippen LogP contribution is -2.31. The van der Waals surface area contributed by atoms with Gasteiger partial charge in [-0.2, -0.15) is 0 Å². The Balaban J connectivity index is 1.64. The summed E-state index contributed by atoms with van der Waals surface area (Å²) in [5, 5.41) is 0.609. The quantitative estimate of drug-likeness (QED) is 0.359. The second-order valence-electron chi connectivity index (χ2n) is 7.52. The Morgan fingerprint density at radius 2 is 1.73 bits per heavy atom. The van der Waals surface area contributed by atoms with Crippen molar-refractivity contribution in [3.05, 3.63) is 83.9 Å². The van der Waals surface area contributed by atoms with Crippen molar-refractivity contribution in [1.29, 1.82) is 0 Å². The Bertz CT molecular complexity index is 1360. The number of nitrogens with zero attached hydrogens (tertiary/aromatic N) is 2.